The molecule has 1 heterocycles. The average molecular weight is 252 g/mol. The first-order valence-corrected chi connectivity index (χ1v) is 5.87. The molecule has 0 fully saturated rings. The van der Waals surface area contributed by atoms with Crippen LogP contribution in [-0.2, 0) is 0 Å². The number of aromatic hydroxyl groups is 1. The number of methoxy groups -OCH3 is 1. The summed E-state index contributed by atoms with van der Waals surface area (Å²) < 4.78 is 5.18. The fourth-order valence-corrected chi connectivity index (χ4v) is 2.06. The maximum atomic E-state index is 10.0. The van der Waals surface area contributed by atoms with Crippen LogP contribution in [0.5, 0.6) is 11.5 Å². The van der Waals surface area contributed by atoms with Crippen LogP contribution in [0.2, 0.25) is 0 Å². The van der Waals surface area contributed by atoms with Crippen molar-refractivity contribution in [1.29, 1.82) is 0 Å². The van der Waals surface area contributed by atoms with E-state index in [-0.39, 0.29) is 5.75 Å². The zero-order valence-corrected chi connectivity index (χ0v) is 10.4. The first-order chi connectivity index (χ1) is 9.29. The minimum Gasteiger partial charge on any atom is -0.507 e. The van der Waals surface area contributed by atoms with E-state index in [1.54, 1.807) is 31.5 Å². The second kappa shape index (κ2) is 4.57. The molecule has 19 heavy (non-hydrogen) atoms. The van der Waals surface area contributed by atoms with Crippen molar-refractivity contribution < 1.29 is 9.84 Å². The van der Waals surface area contributed by atoms with Crippen molar-refractivity contribution >= 4 is 10.8 Å². The van der Waals surface area contributed by atoms with Crippen molar-refractivity contribution in [3.8, 4) is 22.8 Å². The molecule has 0 aliphatic rings. The summed E-state index contributed by atoms with van der Waals surface area (Å²) in [5.74, 6) is 0.828. The second-order valence-electron chi connectivity index (χ2n) is 4.16. The number of phenols is 1. The average Bonchev–Trinajstić information content (AvgIpc) is 2.47. The van der Waals surface area contributed by atoms with Crippen LogP contribution in [0.1, 0.15) is 0 Å². The molecule has 3 aromatic rings. The highest BCUT2D eigenvalue weighted by Gasteiger charge is 2.11. The van der Waals surface area contributed by atoms with Gasteiger partial charge >= 0.3 is 0 Å². The Hall–Kier alpha value is -2.62. The topological polar surface area (TPSA) is 55.2 Å². The van der Waals surface area contributed by atoms with E-state index in [4.69, 9.17) is 4.74 Å². The van der Waals surface area contributed by atoms with Gasteiger partial charge in [0.25, 0.3) is 0 Å². The smallest absolute Gasteiger partial charge is 0.125 e. The fraction of sp³-hybridized carbons (Fsp3) is 0.0667. The van der Waals surface area contributed by atoms with Crippen LogP contribution in [0.3, 0.4) is 0 Å². The number of fused-ring (bicyclic) bond motifs is 1. The summed E-state index contributed by atoms with van der Waals surface area (Å²) in [6.07, 6.45) is 1.70. The van der Waals surface area contributed by atoms with Gasteiger partial charge in [0.05, 0.1) is 13.3 Å². The van der Waals surface area contributed by atoms with Gasteiger partial charge in [0.1, 0.15) is 17.2 Å². The van der Waals surface area contributed by atoms with Crippen LogP contribution in [0.15, 0.2) is 48.7 Å². The molecule has 0 unspecified atom stereocenters. The molecular weight excluding hydrogens is 240 g/mol. The molecule has 2 aromatic carbocycles. The zero-order valence-electron chi connectivity index (χ0n) is 10.4. The first kappa shape index (κ1) is 11.5. The molecule has 0 saturated carbocycles. The Labute approximate surface area is 110 Å². The van der Waals surface area contributed by atoms with Gasteiger partial charge in [-0.15, -0.1) is 5.10 Å². The lowest BCUT2D eigenvalue weighted by Gasteiger charge is -2.08. The van der Waals surface area contributed by atoms with Crippen LogP contribution in [0, 0.1) is 0 Å². The van der Waals surface area contributed by atoms with Crippen molar-refractivity contribution in [1.82, 2.24) is 10.2 Å². The minimum atomic E-state index is 0.159. The number of nitrogens with zero attached hydrogens (tertiary/aromatic N) is 2. The second-order valence-corrected chi connectivity index (χ2v) is 4.16. The van der Waals surface area contributed by atoms with Gasteiger partial charge in [0.2, 0.25) is 0 Å². The number of hydrogen-bond donors (Lipinski definition) is 1. The van der Waals surface area contributed by atoms with Crippen LogP contribution < -0.4 is 4.74 Å². The number of benzene rings is 2. The summed E-state index contributed by atoms with van der Waals surface area (Å²) in [7, 11) is 1.59. The summed E-state index contributed by atoms with van der Waals surface area (Å²) in [6.45, 7) is 0. The fourth-order valence-electron chi connectivity index (χ4n) is 2.06. The molecule has 0 atom stereocenters. The molecule has 0 radical (unpaired) electrons. The third-order valence-corrected chi connectivity index (χ3v) is 3.03. The van der Waals surface area contributed by atoms with E-state index in [2.05, 4.69) is 10.2 Å². The molecule has 0 saturated heterocycles. The van der Waals surface area contributed by atoms with Crippen LogP contribution in [0.4, 0.5) is 0 Å². The monoisotopic (exact) mass is 252 g/mol. The van der Waals surface area contributed by atoms with E-state index in [1.807, 2.05) is 24.3 Å². The quantitative estimate of drug-likeness (QED) is 0.761. The number of hydrogen-bond acceptors (Lipinski definition) is 4. The van der Waals surface area contributed by atoms with Gasteiger partial charge < -0.3 is 9.84 Å². The largest absolute Gasteiger partial charge is 0.507 e. The van der Waals surface area contributed by atoms with Gasteiger partial charge in [-0.2, -0.15) is 5.10 Å². The van der Waals surface area contributed by atoms with E-state index in [0.29, 0.717) is 17.0 Å². The maximum absolute atomic E-state index is 10.0. The highest BCUT2D eigenvalue weighted by molar-refractivity contribution is 5.95. The van der Waals surface area contributed by atoms with Gasteiger partial charge in [-0.05, 0) is 18.2 Å². The molecular formula is C15H12N2O2. The van der Waals surface area contributed by atoms with Crippen molar-refractivity contribution in [3.63, 3.8) is 0 Å². The van der Waals surface area contributed by atoms with Crippen molar-refractivity contribution in [2.45, 2.75) is 0 Å². The lowest BCUT2D eigenvalue weighted by atomic mass is 10.0. The standard InChI is InChI=1S/C15H12N2O2/c1-19-11-6-7-14(18)13(8-11)15-12-5-3-2-4-10(12)9-16-17-15/h2-9,18H,1H3. The molecule has 0 spiro atoms. The number of aromatic nitrogens is 2. The van der Waals surface area contributed by atoms with Gasteiger partial charge in [0, 0.05) is 16.3 Å². The number of rotatable bonds is 2. The predicted octanol–water partition coefficient (Wildman–Crippen LogP) is 3.01. The van der Waals surface area contributed by atoms with Gasteiger partial charge in [-0.25, -0.2) is 0 Å². The third-order valence-electron chi connectivity index (χ3n) is 3.03. The van der Waals surface area contributed by atoms with Crippen molar-refractivity contribution in [3.05, 3.63) is 48.7 Å². The molecule has 94 valence electrons. The highest BCUT2D eigenvalue weighted by atomic mass is 16.5. The van der Waals surface area contributed by atoms with Gasteiger partial charge in [-0.3, -0.25) is 0 Å². The van der Waals surface area contributed by atoms with E-state index < -0.39 is 0 Å². The molecule has 3 rings (SSSR count). The summed E-state index contributed by atoms with van der Waals surface area (Å²) in [5, 5.41) is 20.1. The highest BCUT2D eigenvalue weighted by Crippen LogP contribution is 2.34. The molecule has 1 N–H and O–H groups in total. The number of phenolic OH excluding ortho intramolecular Hbond substituents is 1. The van der Waals surface area contributed by atoms with Crippen LogP contribution in [0.25, 0.3) is 22.0 Å². The molecule has 0 aliphatic heterocycles. The van der Waals surface area contributed by atoms with E-state index >= 15 is 0 Å². The lowest BCUT2D eigenvalue weighted by molar-refractivity contribution is 0.412. The Balaban J connectivity index is 2.30. The summed E-state index contributed by atoms with van der Waals surface area (Å²) in [4.78, 5) is 0. The Morgan fingerprint density at radius 1 is 1.11 bits per heavy atom. The van der Waals surface area contributed by atoms with Crippen molar-refractivity contribution in [2.75, 3.05) is 7.11 Å². The lowest BCUT2D eigenvalue weighted by Crippen LogP contribution is -1.91. The Bertz CT molecular complexity index is 736. The summed E-state index contributed by atoms with van der Waals surface area (Å²) >= 11 is 0. The predicted molar refractivity (Wildman–Crippen MR) is 73.2 cm³/mol. The molecule has 0 aliphatic carbocycles. The van der Waals surface area contributed by atoms with Gasteiger partial charge in [0.15, 0.2) is 0 Å². The first-order valence-electron chi connectivity index (χ1n) is 5.87. The van der Waals surface area contributed by atoms with Crippen LogP contribution >= 0.6 is 0 Å². The Morgan fingerprint density at radius 3 is 2.79 bits per heavy atom. The third kappa shape index (κ3) is 1.97. The molecule has 0 bridgehead atoms. The van der Waals surface area contributed by atoms with E-state index in [1.165, 1.54) is 0 Å². The Kier molecular flexibility index (Phi) is 2.76. The molecule has 4 heteroatoms. The summed E-state index contributed by atoms with van der Waals surface area (Å²) in [5.41, 5.74) is 1.26. The maximum Gasteiger partial charge on any atom is 0.125 e. The Morgan fingerprint density at radius 2 is 1.95 bits per heavy atom. The minimum absolute atomic E-state index is 0.159. The SMILES string of the molecule is COc1ccc(O)c(-c2nncc3ccccc23)c1. The zero-order chi connectivity index (χ0) is 13.2. The normalized spacial score (nSPS) is 10.6. The molecule has 4 nitrogen and oxygen atoms in total. The van der Waals surface area contributed by atoms with Crippen molar-refractivity contribution in [2.24, 2.45) is 0 Å². The van der Waals surface area contributed by atoms with E-state index in [9.17, 15) is 5.11 Å². The van der Waals surface area contributed by atoms with Gasteiger partial charge in [-0.1, -0.05) is 24.3 Å². The summed E-state index contributed by atoms with van der Waals surface area (Å²) in [6, 6.07) is 12.9. The molecule has 0 amide bonds. The molecule has 1 aromatic heterocycles. The number of ether oxygens (including phenoxy) is 1. The van der Waals surface area contributed by atoms with Crippen LogP contribution in [-0.4, -0.2) is 22.4 Å². The van der Waals surface area contributed by atoms with E-state index in [0.717, 1.165) is 10.8 Å².